The van der Waals surface area contributed by atoms with Gasteiger partial charge in [0.05, 0.1) is 11.4 Å². The van der Waals surface area contributed by atoms with Gasteiger partial charge >= 0.3 is 0 Å². The summed E-state index contributed by atoms with van der Waals surface area (Å²) in [6.45, 7) is 6.12. The summed E-state index contributed by atoms with van der Waals surface area (Å²) in [6, 6.07) is 16.3. The van der Waals surface area contributed by atoms with Crippen LogP contribution < -0.4 is 4.90 Å². The van der Waals surface area contributed by atoms with Gasteiger partial charge in [0.25, 0.3) is 0 Å². The van der Waals surface area contributed by atoms with Crippen molar-refractivity contribution < 1.29 is 4.39 Å². The first-order chi connectivity index (χ1) is 16.1. The number of anilines is 1. The Morgan fingerprint density at radius 3 is 2.33 bits per heavy atom. The SMILES string of the molecule is Cc1nn(-c2ccccc2)c(Cl)c1CN1CCN(c2nccnc2-c2ccc(F)cc2)CC1. The molecule has 4 aromatic rings. The van der Waals surface area contributed by atoms with E-state index < -0.39 is 0 Å². The van der Waals surface area contributed by atoms with E-state index in [4.69, 9.17) is 11.6 Å². The zero-order valence-corrected chi connectivity index (χ0v) is 19.1. The smallest absolute Gasteiger partial charge is 0.155 e. The number of hydrogen-bond donors (Lipinski definition) is 0. The fourth-order valence-electron chi connectivity index (χ4n) is 4.17. The summed E-state index contributed by atoms with van der Waals surface area (Å²) in [4.78, 5) is 13.7. The lowest BCUT2D eigenvalue weighted by atomic mass is 10.1. The first-order valence-corrected chi connectivity index (χ1v) is 11.3. The molecule has 0 aliphatic carbocycles. The molecule has 0 atom stereocenters. The molecule has 0 saturated carbocycles. The van der Waals surface area contributed by atoms with E-state index in [2.05, 4.69) is 24.9 Å². The molecule has 5 rings (SSSR count). The van der Waals surface area contributed by atoms with Crippen LogP contribution in [-0.2, 0) is 6.54 Å². The Morgan fingerprint density at radius 1 is 0.909 bits per heavy atom. The number of aryl methyl sites for hydroxylation is 1. The van der Waals surface area contributed by atoms with Gasteiger partial charge in [-0.25, -0.2) is 14.1 Å². The van der Waals surface area contributed by atoms with Crippen molar-refractivity contribution in [1.82, 2.24) is 24.6 Å². The van der Waals surface area contributed by atoms with Gasteiger partial charge in [-0.05, 0) is 43.3 Å². The summed E-state index contributed by atoms with van der Waals surface area (Å²) < 4.78 is 15.2. The van der Waals surface area contributed by atoms with E-state index in [1.165, 1.54) is 12.1 Å². The number of hydrogen-bond acceptors (Lipinski definition) is 5. The third-order valence-corrected chi connectivity index (χ3v) is 6.36. The average Bonchev–Trinajstić information content (AvgIpc) is 3.14. The van der Waals surface area contributed by atoms with Crippen LogP contribution in [0, 0.1) is 12.7 Å². The Kier molecular flexibility index (Phi) is 6.07. The van der Waals surface area contributed by atoms with E-state index in [1.807, 2.05) is 37.3 Å². The van der Waals surface area contributed by atoms with Crippen molar-refractivity contribution in [2.24, 2.45) is 0 Å². The second-order valence-corrected chi connectivity index (χ2v) is 8.46. The predicted molar refractivity (Wildman–Crippen MR) is 128 cm³/mol. The molecule has 0 radical (unpaired) electrons. The standard InChI is InChI=1S/C25H24ClFN6/c1-18-22(24(26)33(30-18)21-5-3-2-4-6-21)17-31-13-15-32(16-14-31)25-23(28-11-12-29-25)19-7-9-20(27)10-8-19/h2-12H,13-17H2,1H3. The van der Waals surface area contributed by atoms with Gasteiger partial charge in [0.15, 0.2) is 5.82 Å². The van der Waals surface area contributed by atoms with Gasteiger partial charge in [0.1, 0.15) is 16.7 Å². The quantitative estimate of drug-likeness (QED) is 0.428. The minimum atomic E-state index is -0.262. The van der Waals surface area contributed by atoms with Crippen molar-refractivity contribution >= 4 is 17.4 Å². The van der Waals surface area contributed by atoms with Crippen LogP contribution in [0.25, 0.3) is 16.9 Å². The summed E-state index contributed by atoms with van der Waals surface area (Å²) in [5, 5.41) is 5.32. The number of halogens is 2. The van der Waals surface area contributed by atoms with Crippen LogP contribution in [0.1, 0.15) is 11.3 Å². The van der Waals surface area contributed by atoms with Gasteiger partial charge in [0.2, 0.25) is 0 Å². The molecular formula is C25H24ClFN6. The fraction of sp³-hybridized carbons (Fsp3) is 0.240. The molecule has 0 bridgehead atoms. The average molecular weight is 463 g/mol. The predicted octanol–water partition coefficient (Wildman–Crippen LogP) is 4.75. The van der Waals surface area contributed by atoms with Crippen molar-refractivity contribution in [1.29, 1.82) is 0 Å². The first kappa shape index (κ1) is 21.6. The van der Waals surface area contributed by atoms with Crippen molar-refractivity contribution in [2.45, 2.75) is 13.5 Å². The molecule has 1 saturated heterocycles. The van der Waals surface area contributed by atoms with Crippen LogP contribution in [-0.4, -0.2) is 50.8 Å². The molecule has 3 heterocycles. The van der Waals surface area contributed by atoms with Gasteiger partial charge in [-0.3, -0.25) is 9.88 Å². The lowest BCUT2D eigenvalue weighted by molar-refractivity contribution is 0.249. The number of aromatic nitrogens is 4. The lowest BCUT2D eigenvalue weighted by Crippen LogP contribution is -2.46. The minimum absolute atomic E-state index is 0.262. The highest BCUT2D eigenvalue weighted by molar-refractivity contribution is 6.30. The maximum Gasteiger partial charge on any atom is 0.155 e. The largest absolute Gasteiger partial charge is 0.352 e. The molecule has 0 N–H and O–H groups in total. The van der Waals surface area contributed by atoms with Crippen molar-refractivity contribution in [3.8, 4) is 16.9 Å². The Bertz CT molecular complexity index is 1230. The third kappa shape index (κ3) is 4.47. The van der Waals surface area contributed by atoms with Crippen LogP contribution in [0.3, 0.4) is 0 Å². The van der Waals surface area contributed by atoms with Gasteiger partial charge in [-0.1, -0.05) is 29.8 Å². The molecule has 8 heteroatoms. The zero-order chi connectivity index (χ0) is 22.8. The van der Waals surface area contributed by atoms with Crippen LogP contribution in [0.5, 0.6) is 0 Å². The Labute approximate surface area is 197 Å². The summed E-state index contributed by atoms with van der Waals surface area (Å²) in [7, 11) is 0. The molecule has 1 fully saturated rings. The van der Waals surface area contributed by atoms with Crippen LogP contribution in [0.4, 0.5) is 10.2 Å². The van der Waals surface area contributed by atoms with E-state index in [0.717, 1.165) is 66.7 Å². The molecule has 6 nitrogen and oxygen atoms in total. The highest BCUT2D eigenvalue weighted by atomic mass is 35.5. The van der Waals surface area contributed by atoms with E-state index in [1.54, 1.807) is 29.2 Å². The molecule has 1 aliphatic heterocycles. The normalized spacial score (nSPS) is 14.6. The number of nitrogens with zero attached hydrogens (tertiary/aromatic N) is 6. The summed E-state index contributed by atoms with van der Waals surface area (Å²) >= 11 is 6.73. The maximum absolute atomic E-state index is 13.4. The van der Waals surface area contributed by atoms with Crippen LogP contribution in [0.2, 0.25) is 5.15 Å². The number of para-hydroxylation sites is 1. The maximum atomic E-state index is 13.4. The minimum Gasteiger partial charge on any atom is -0.352 e. The van der Waals surface area contributed by atoms with E-state index >= 15 is 0 Å². The van der Waals surface area contributed by atoms with E-state index in [0.29, 0.717) is 5.15 Å². The molecule has 1 aliphatic rings. The fourth-order valence-corrected chi connectivity index (χ4v) is 4.50. The Balaban J connectivity index is 1.30. The molecule has 2 aromatic heterocycles. The highest BCUT2D eigenvalue weighted by Gasteiger charge is 2.24. The summed E-state index contributed by atoms with van der Waals surface area (Å²) in [6.07, 6.45) is 3.38. The molecule has 33 heavy (non-hydrogen) atoms. The number of benzene rings is 2. The molecule has 2 aromatic carbocycles. The summed E-state index contributed by atoms with van der Waals surface area (Å²) in [5.74, 6) is 0.567. The molecule has 0 amide bonds. The third-order valence-electron chi connectivity index (χ3n) is 5.97. The molecular weight excluding hydrogens is 439 g/mol. The van der Waals surface area contributed by atoms with Gasteiger partial charge in [-0.2, -0.15) is 5.10 Å². The van der Waals surface area contributed by atoms with Crippen LogP contribution >= 0.6 is 11.6 Å². The van der Waals surface area contributed by atoms with Gasteiger partial charge in [-0.15, -0.1) is 0 Å². The molecule has 0 spiro atoms. The second kappa shape index (κ2) is 9.29. The lowest BCUT2D eigenvalue weighted by Gasteiger charge is -2.36. The topological polar surface area (TPSA) is 50.1 Å². The first-order valence-electron chi connectivity index (χ1n) is 10.9. The van der Waals surface area contributed by atoms with Crippen LogP contribution in [0.15, 0.2) is 67.0 Å². The highest BCUT2D eigenvalue weighted by Crippen LogP contribution is 2.29. The van der Waals surface area contributed by atoms with Crippen molar-refractivity contribution in [3.05, 3.63) is 89.2 Å². The van der Waals surface area contributed by atoms with E-state index in [9.17, 15) is 4.39 Å². The Hall–Kier alpha value is -3.29. The molecule has 0 unspecified atom stereocenters. The van der Waals surface area contributed by atoms with Gasteiger partial charge < -0.3 is 4.90 Å². The van der Waals surface area contributed by atoms with Gasteiger partial charge in [0, 0.05) is 56.2 Å². The summed E-state index contributed by atoms with van der Waals surface area (Å²) in [5.41, 5.74) is 4.59. The van der Waals surface area contributed by atoms with E-state index in [-0.39, 0.29) is 5.82 Å². The number of piperazine rings is 1. The second-order valence-electron chi connectivity index (χ2n) is 8.10. The monoisotopic (exact) mass is 462 g/mol. The Morgan fingerprint density at radius 2 is 1.61 bits per heavy atom. The van der Waals surface area contributed by atoms with Crippen molar-refractivity contribution in [2.75, 3.05) is 31.1 Å². The van der Waals surface area contributed by atoms with Crippen molar-refractivity contribution in [3.63, 3.8) is 0 Å². The number of rotatable bonds is 5. The molecule has 168 valence electrons. The zero-order valence-electron chi connectivity index (χ0n) is 18.3.